The molecule has 94 valence electrons. The van der Waals surface area contributed by atoms with Gasteiger partial charge in [0, 0.05) is 5.56 Å². The Bertz CT molecular complexity index is 574. The highest BCUT2D eigenvalue weighted by molar-refractivity contribution is 6.21. The summed E-state index contributed by atoms with van der Waals surface area (Å²) in [5.74, 6) is -0.991. The van der Waals surface area contributed by atoms with E-state index in [2.05, 4.69) is 19.7 Å². The topological polar surface area (TPSA) is 87.8 Å². The lowest BCUT2D eigenvalue weighted by Crippen LogP contribution is -2.02. The quantitative estimate of drug-likeness (QED) is 0.581. The molecule has 1 aliphatic rings. The van der Waals surface area contributed by atoms with Gasteiger partial charge in [-0.25, -0.2) is 4.79 Å². The molecule has 0 N–H and O–H groups in total. The van der Waals surface area contributed by atoms with Gasteiger partial charge in [0.15, 0.2) is 0 Å². The zero-order valence-corrected chi connectivity index (χ0v) is 10.2. The first-order valence-electron chi connectivity index (χ1n) is 5.28. The largest absolute Gasteiger partial charge is 0.544 e. The van der Waals surface area contributed by atoms with Crippen LogP contribution in [0.25, 0.3) is 6.08 Å². The average Bonchev–Trinajstić information content (AvgIpc) is 2.79. The number of aryl methyl sites for hydroxylation is 1. The Morgan fingerprint density at radius 2 is 2.11 bits per heavy atom. The predicted octanol–water partition coefficient (Wildman–Crippen LogP) is 1.32. The monoisotopic (exact) mass is 247 g/mol. The van der Waals surface area contributed by atoms with Gasteiger partial charge >= 0.3 is 5.97 Å². The number of carbonyl (C=O) groups is 1. The first-order valence-corrected chi connectivity index (χ1v) is 5.28. The van der Waals surface area contributed by atoms with Crippen LogP contribution in [0.5, 0.6) is 5.95 Å². The highest BCUT2D eigenvalue weighted by atomic mass is 16.7. The van der Waals surface area contributed by atoms with Crippen molar-refractivity contribution < 1.29 is 19.3 Å². The van der Waals surface area contributed by atoms with Crippen LogP contribution in [0.15, 0.2) is 26.9 Å². The van der Waals surface area contributed by atoms with Gasteiger partial charge in [0.2, 0.25) is 0 Å². The molecule has 0 fully saturated rings. The molecule has 0 spiro atoms. The third-order valence-corrected chi connectivity index (χ3v) is 2.49. The molecule has 1 aliphatic heterocycles. The van der Waals surface area contributed by atoms with Crippen molar-refractivity contribution in [3.8, 4) is 5.95 Å². The fourth-order valence-corrected chi connectivity index (χ4v) is 1.54. The van der Waals surface area contributed by atoms with Crippen LogP contribution >= 0.6 is 0 Å². The zero-order valence-electron chi connectivity index (χ0n) is 10.2. The Morgan fingerprint density at radius 3 is 2.61 bits per heavy atom. The molecule has 6 heteroatoms. The fourth-order valence-electron chi connectivity index (χ4n) is 1.54. The first-order chi connectivity index (χ1) is 8.49. The summed E-state index contributed by atoms with van der Waals surface area (Å²) < 4.78 is 4.52. The normalized spacial score (nSPS) is 18.2. The number of rotatable bonds is 2. The third kappa shape index (κ3) is 2.17. The summed E-state index contributed by atoms with van der Waals surface area (Å²) in [6.45, 7) is 5.11. The summed E-state index contributed by atoms with van der Waals surface area (Å²) >= 11 is 0. The van der Waals surface area contributed by atoms with E-state index in [1.165, 1.54) is 0 Å². The molecule has 0 aromatic carbocycles. The van der Waals surface area contributed by atoms with Gasteiger partial charge in [-0.1, -0.05) is 5.16 Å². The predicted molar refractivity (Wildman–Crippen MR) is 61.6 cm³/mol. The standard InChI is InChI=1S/C12H12N2O4/c1-6(4-9-7(2)13-17-11(9)15)5-10-8(3)14-18-12(10)16/h4-5,15H,1-3H3/p-1/b6-4?,10-5-. The van der Waals surface area contributed by atoms with Gasteiger partial charge in [0.05, 0.1) is 22.9 Å². The van der Waals surface area contributed by atoms with Crippen molar-refractivity contribution in [1.82, 2.24) is 5.16 Å². The van der Waals surface area contributed by atoms with Crippen molar-refractivity contribution in [2.24, 2.45) is 5.16 Å². The molecule has 0 amide bonds. The van der Waals surface area contributed by atoms with E-state index in [9.17, 15) is 9.90 Å². The highest BCUT2D eigenvalue weighted by Gasteiger charge is 2.21. The maximum atomic E-state index is 11.3. The van der Waals surface area contributed by atoms with Crippen LogP contribution < -0.4 is 5.11 Å². The van der Waals surface area contributed by atoms with E-state index in [4.69, 9.17) is 0 Å². The number of aromatic nitrogens is 1. The van der Waals surface area contributed by atoms with E-state index in [0.717, 1.165) is 0 Å². The minimum atomic E-state index is -0.496. The molecule has 0 unspecified atom stereocenters. The summed E-state index contributed by atoms with van der Waals surface area (Å²) in [5, 5.41) is 18.5. The first kappa shape index (κ1) is 12.1. The van der Waals surface area contributed by atoms with Gasteiger partial charge in [0.1, 0.15) is 0 Å². The number of allylic oxidation sites excluding steroid dienone is 2. The molecule has 0 aliphatic carbocycles. The summed E-state index contributed by atoms with van der Waals surface area (Å²) in [6, 6.07) is 0. The minimum Gasteiger partial charge on any atom is -0.544 e. The number of carbonyl (C=O) groups excluding carboxylic acids is 1. The number of nitrogens with zero attached hydrogens (tertiary/aromatic N) is 2. The van der Waals surface area contributed by atoms with E-state index in [0.29, 0.717) is 28.1 Å². The van der Waals surface area contributed by atoms with Gasteiger partial charge in [-0.3, -0.25) is 0 Å². The van der Waals surface area contributed by atoms with Crippen molar-refractivity contribution in [2.75, 3.05) is 0 Å². The summed E-state index contributed by atoms with van der Waals surface area (Å²) in [5.41, 5.74) is 2.49. The molecule has 0 bridgehead atoms. The Morgan fingerprint density at radius 1 is 1.39 bits per heavy atom. The lowest BCUT2D eigenvalue weighted by atomic mass is 10.1. The van der Waals surface area contributed by atoms with Crippen molar-refractivity contribution >= 4 is 17.8 Å². The lowest BCUT2D eigenvalue weighted by molar-refractivity contribution is -0.297. The van der Waals surface area contributed by atoms with Crippen molar-refractivity contribution in [3.05, 3.63) is 28.5 Å². The number of hydrogen-bond acceptors (Lipinski definition) is 6. The smallest absolute Gasteiger partial charge is 0.367 e. The van der Waals surface area contributed by atoms with Gasteiger partial charge in [0.25, 0.3) is 0 Å². The Hall–Kier alpha value is -2.37. The van der Waals surface area contributed by atoms with Gasteiger partial charge < -0.3 is 14.5 Å². The molecule has 1 aromatic heterocycles. The number of oxime groups is 1. The van der Waals surface area contributed by atoms with E-state index in [1.54, 1.807) is 32.9 Å². The van der Waals surface area contributed by atoms with Gasteiger partial charge in [-0.2, -0.15) is 5.16 Å². The Labute approximate surface area is 103 Å². The maximum absolute atomic E-state index is 11.3. The van der Waals surface area contributed by atoms with E-state index in [-0.39, 0.29) is 0 Å². The van der Waals surface area contributed by atoms with Crippen LogP contribution in [0.1, 0.15) is 25.1 Å². The summed E-state index contributed by atoms with van der Waals surface area (Å²) in [4.78, 5) is 15.9. The van der Waals surface area contributed by atoms with Gasteiger partial charge in [-0.15, -0.1) is 0 Å². The van der Waals surface area contributed by atoms with E-state index in [1.807, 2.05) is 0 Å². The molecule has 1 aromatic rings. The third-order valence-electron chi connectivity index (χ3n) is 2.49. The van der Waals surface area contributed by atoms with Crippen LogP contribution in [0, 0.1) is 6.92 Å². The second kappa shape index (κ2) is 4.48. The van der Waals surface area contributed by atoms with Crippen LogP contribution in [-0.4, -0.2) is 16.8 Å². The molecule has 2 rings (SSSR count). The second-order valence-electron chi connectivity index (χ2n) is 3.97. The maximum Gasteiger partial charge on any atom is 0.367 e. The second-order valence-corrected chi connectivity index (χ2v) is 3.97. The van der Waals surface area contributed by atoms with Crippen LogP contribution in [0.2, 0.25) is 0 Å². The molecular weight excluding hydrogens is 236 g/mol. The van der Waals surface area contributed by atoms with Crippen molar-refractivity contribution in [1.29, 1.82) is 0 Å². The molecule has 0 saturated heterocycles. The summed E-state index contributed by atoms with van der Waals surface area (Å²) in [7, 11) is 0. The molecule has 2 heterocycles. The Balaban J connectivity index is 2.33. The van der Waals surface area contributed by atoms with Crippen LogP contribution in [0.4, 0.5) is 0 Å². The van der Waals surface area contributed by atoms with Crippen LogP contribution in [-0.2, 0) is 9.63 Å². The molecule has 6 nitrogen and oxygen atoms in total. The molecule has 0 radical (unpaired) electrons. The van der Waals surface area contributed by atoms with E-state index < -0.39 is 11.9 Å². The summed E-state index contributed by atoms with van der Waals surface area (Å²) in [6.07, 6.45) is 3.22. The van der Waals surface area contributed by atoms with Crippen molar-refractivity contribution in [2.45, 2.75) is 20.8 Å². The molecular formula is C12H11N2O4-. The van der Waals surface area contributed by atoms with Gasteiger partial charge in [-0.05, 0) is 38.5 Å². The molecule has 0 saturated carbocycles. The molecule has 0 atom stereocenters. The molecule has 18 heavy (non-hydrogen) atoms. The SMILES string of the molecule is CC(=Cc1c(C)noc1[O-])/C=C1\C(=O)ON=C1C. The van der Waals surface area contributed by atoms with Crippen LogP contribution in [0.3, 0.4) is 0 Å². The minimum absolute atomic E-state index is 0.380. The number of hydrogen-bond donors (Lipinski definition) is 0. The lowest BCUT2D eigenvalue weighted by Gasteiger charge is -1.99. The zero-order chi connectivity index (χ0) is 13.3. The fraction of sp³-hybridized carbons (Fsp3) is 0.250. The average molecular weight is 247 g/mol. The van der Waals surface area contributed by atoms with Crippen molar-refractivity contribution in [3.63, 3.8) is 0 Å². The highest BCUT2D eigenvalue weighted by Crippen LogP contribution is 2.22. The van der Waals surface area contributed by atoms with E-state index >= 15 is 0 Å². The Kier molecular flexibility index (Phi) is 3.01.